The third kappa shape index (κ3) is 11.5. The number of nitrogens with one attached hydrogen (secondary N) is 3. The molecule has 1 aromatic heterocycles. The lowest BCUT2D eigenvalue weighted by atomic mass is 10.1. The van der Waals surface area contributed by atoms with Gasteiger partial charge in [-0.3, -0.25) is 0 Å². The first-order valence-corrected chi connectivity index (χ1v) is 12.5. The smallest absolute Gasteiger partial charge is 0.160 e. The Balaban J connectivity index is 0.00000153. The molecule has 2 aromatic rings. The molecular weight excluding hydrogens is 482 g/mol. The molecule has 38 heavy (non-hydrogen) atoms. The second kappa shape index (κ2) is 21.3. The van der Waals surface area contributed by atoms with Gasteiger partial charge in [-0.2, -0.15) is 0 Å². The molecule has 0 bridgehead atoms. The lowest BCUT2D eigenvalue weighted by Gasteiger charge is -2.15. The van der Waals surface area contributed by atoms with E-state index in [-0.39, 0.29) is 6.61 Å². The zero-order valence-corrected chi connectivity index (χ0v) is 23.0. The van der Waals surface area contributed by atoms with Crippen LogP contribution in [-0.2, 0) is 14.3 Å². The Hall–Kier alpha value is -3.84. The van der Waals surface area contributed by atoms with Gasteiger partial charge in [0, 0.05) is 29.0 Å². The van der Waals surface area contributed by atoms with Gasteiger partial charge in [0.1, 0.15) is 31.0 Å². The first kappa shape index (κ1) is 34.2. The molecule has 0 amide bonds. The quantitative estimate of drug-likeness (QED) is 0.110. The molecule has 1 aliphatic carbocycles. The number of aliphatic hydroxyl groups excluding tert-OH is 1. The summed E-state index contributed by atoms with van der Waals surface area (Å²) in [5.74, 6) is 3.11. The van der Waals surface area contributed by atoms with E-state index in [1.54, 1.807) is 19.3 Å². The molecule has 0 fully saturated rings. The highest BCUT2D eigenvalue weighted by atomic mass is 16.5. The summed E-state index contributed by atoms with van der Waals surface area (Å²) in [5.41, 5.74) is 1.05. The molecule has 0 radical (unpaired) electrons. The van der Waals surface area contributed by atoms with Crippen molar-refractivity contribution in [3.8, 4) is 5.75 Å². The zero-order chi connectivity index (χ0) is 28.8. The molecule has 8 nitrogen and oxygen atoms in total. The number of rotatable bonds is 12. The molecule has 208 valence electrons. The second-order valence-corrected chi connectivity index (χ2v) is 7.83. The fourth-order valence-corrected chi connectivity index (χ4v) is 3.47. The van der Waals surface area contributed by atoms with Crippen molar-refractivity contribution in [1.29, 1.82) is 5.41 Å². The van der Waals surface area contributed by atoms with E-state index in [1.807, 2.05) is 18.2 Å². The maximum atomic E-state index is 10.3. The summed E-state index contributed by atoms with van der Waals surface area (Å²) in [5, 5.41) is 22.4. The normalized spacial score (nSPS) is 12.3. The van der Waals surface area contributed by atoms with E-state index in [0.717, 1.165) is 34.8 Å². The summed E-state index contributed by atoms with van der Waals surface area (Å²) in [6.45, 7) is 18.4. The second-order valence-electron chi connectivity index (χ2n) is 7.83. The van der Waals surface area contributed by atoms with Crippen molar-refractivity contribution in [1.82, 2.24) is 10.3 Å². The maximum absolute atomic E-state index is 10.3. The van der Waals surface area contributed by atoms with Crippen LogP contribution >= 0.6 is 0 Å². The predicted octanol–water partition coefficient (Wildman–Crippen LogP) is 3.78. The van der Waals surface area contributed by atoms with Gasteiger partial charge >= 0.3 is 0 Å². The average molecular weight is 526 g/mol. The number of ether oxygens (including phenoxy) is 3. The fourth-order valence-electron chi connectivity index (χ4n) is 3.47. The molecule has 0 saturated carbocycles. The minimum absolute atomic E-state index is 0.207. The molecule has 0 spiro atoms. The number of benzene rings is 1. The van der Waals surface area contributed by atoms with Crippen molar-refractivity contribution in [2.24, 2.45) is 0 Å². The van der Waals surface area contributed by atoms with Crippen LogP contribution in [0.1, 0.15) is 33.1 Å². The fraction of sp³-hybridized carbons (Fsp3) is 0.367. The third-order valence-corrected chi connectivity index (χ3v) is 4.90. The minimum atomic E-state index is -0.636. The Bertz CT molecular complexity index is 1160. The molecular formula is C30H43N3O5. The van der Waals surface area contributed by atoms with Gasteiger partial charge in [0.15, 0.2) is 11.5 Å². The monoisotopic (exact) mass is 525 g/mol. The van der Waals surface area contributed by atoms with E-state index < -0.39 is 6.10 Å². The van der Waals surface area contributed by atoms with Gasteiger partial charge in [-0.25, -0.2) is 4.79 Å². The highest BCUT2D eigenvalue weighted by Gasteiger charge is 2.11. The van der Waals surface area contributed by atoms with Gasteiger partial charge in [-0.05, 0) is 50.4 Å². The van der Waals surface area contributed by atoms with Crippen LogP contribution < -0.4 is 20.6 Å². The Morgan fingerprint density at radius 1 is 1.21 bits per heavy atom. The number of carbonyl (C=O) groups excluding carboxylic acids is 1. The van der Waals surface area contributed by atoms with Crippen LogP contribution in [0.2, 0.25) is 0 Å². The summed E-state index contributed by atoms with van der Waals surface area (Å²) in [6, 6.07) is 5.96. The minimum Gasteiger partial charge on any atom is -0.493 e. The van der Waals surface area contributed by atoms with Crippen LogP contribution in [0, 0.1) is 5.41 Å². The zero-order valence-electron chi connectivity index (χ0n) is 23.0. The molecule has 1 unspecified atom stereocenters. The van der Waals surface area contributed by atoms with E-state index >= 15 is 0 Å². The van der Waals surface area contributed by atoms with Crippen molar-refractivity contribution in [2.75, 3.05) is 33.4 Å². The van der Waals surface area contributed by atoms with Crippen LogP contribution in [0.4, 0.5) is 0 Å². The van der Waals surface area contributed by atoms with Crippen molar-refractivity contribution in [2.45, 2.75) is 39.2 Å². The van der Waals surface area contributed by atoms with Gasteiger partial charge in [-0.1, -0.05) is 51.6 Å². The molecule has 3 rings (SSSR count). The molecule has 0 aliphatic heterocycles. The van der Waals surface area contributed by atoms with E-state index in [4.69, 9.17) is 24.4 Å². The number of methoxy groups -OCH3 is 1. The van der Waals surface area contributed by atoms with E-state index in [0.29, 0.717) is 31.2 Å². The molecule has 1 heterocycles. The summed E-state index contributed by atoms with van der Waals surface area (Å²) in [7, 11) is 1.55. The van der Waals surface area contributed by atoms with Gasteiger partial charge in [0.05, 0.1) is 12.6 Å². The maximum Gasteiger partial charge on any atom is 0.160 e. The standard InChI is InChI=1S/C24H30N2O4.C3H8.C2H2O.CH3N/c1-4-21(28-3)22(5-2)29-14-13-25-15-17(27)16-30-23-12-8-11-20-24(23)18-9-6-7-10-19(18)26-20;1-3-2;1-2-3;1-2/h4-5,8-12,17,25-27H,1-2,6-7,13-16H2,3H3;3H2,1-2H3;1H2;2H,1H2/b22-21-;;;. The highest BCUT2D eigenvalue weighted by molar-refractivity contribution is 5.87. The Morgan fingerprint density at radius 3 is 2.45 bits per heavy atom. The average Bonchev–Trinajstić information content (AvgIpc) is 3.32. The molecule has 1 aromatic carbocycles. The van der Waals surface area contributed by atoms with Crippen molar-refractivity contribution in [3.05, 3.63) is 72.2 Å². The van der Waals surface area contributed by atoms with E-state index in [9.17, 15) is 5.11 Å². The lowest BCUT2D eigenvalue weighted by molar-refractivity contribution is 0.104. The number of allylic oxidation sites excluding steroid dienone is 2. The van der Waals surface area contributed by atoms with E-state index in [2.05, 4.69) is 62.8 Å². The Labute approximate surface area is 226 Å². The van der Waals surface area contributed by atoms with Gasteiger partial charge in [0.25, 0.3) is 0 Å². The summed E-state index contributed by atoms with van der Waals surface area (Å²) >= 11 is 0. The van der Waals surface area contributed by atoms with Crippen molar-refractivity contribution >= 4 is 35.7 Å². The Kier molecular flexibility index (Phi) is 19.1. The number of aromatic amines is 1. The predicted molar refractivity (Wildman–Crippen MR) is 158 cm³/mol. The SMILES string of the molecule is C=C/C(OC)=C(\C=C)OCCNCC(O)COc1cccc2[nH]c3c(c12)=CCCC=3.C=C=O.C=N.CCC. The van der Waals surface area contributed by atoms with Crippen LogP contribution in [-0.4, -0.2) is 62.3 Å². The topological polar surface area (TPSA) is 117 Å². The number of H-pyrrole nitrogens is 1. The number of aromatic nitrogens is 1. The summed E-state index contributed by atoms with van der Waals surface area (Å²) < 4.78 is 16.7. The lowest BCUT2D eigenvalue weighted by Crippen LogP contribution is -2.33. The van der Waals surface area contributed by atoms with E-state index in [1.165, 1.54) is 17.6 Å². The van der Waals surface area contributed by atoms with Crippen LogP contribution in [0.25, 0.3) is 23.1 Å². The summed E-state index contributed by atoms with van der Waals surface area (Å²) in [6.07, 6.45) is 10.3. The third-order valence-electron chi connectivity index (χ3n) is 4.90. The molecule has 1 aliphatic rings. The number of aliphatic hydroxyl groups is 1. The summed E-state index contributed by atoms with van der Waals surface area (Å²) in [4.78, 5) is 12.0. The number of hydrogen-bond donors (Lipinski definition) is 4. The molecule has 8 heteroatoms. The Morgan fingerprint density at radius 2 is 1.84 bits per heavy atom. The molecule has 4 N–H and O–H groups in total. The van der Waals surface area contributed by atoms with Crippen LogP contribution in [0.15, 0.2) is 61.6 Å². The van der Waals surface area contributed by atoms with Crippen LogP contribution in [0.3, 0.4) is 0 Å². The van der Waals surface area contributed by atoms with Crippen LogP contribution in [0.5, 0.6) is 5.75 Å². The molecule has 0 saturated heterocycles. The largest absolute Gasteiger partial charge is 0.493 e. The number of fused-ring (bicyclic) bond motifs is 3. The molecule has 1 atom stereocenters. The first-order chi connectivity index (χ1) is 18.5. The van der Waals surface area contributed by atoms with Crippen molar-refractivity contribution < 1.29 is 24.1 Å². The van der Waals surface area contributed by atoms with Gasteiger partial charge in [0.2, 0.25) is 0 Å². The van der Waals surface area contributed by atoms with Crippen molar-refractivity contribution in [3.63, 3.8) is 0 Å². The number of hydrogen-bond acceptors (Lipinski definition) is 7. The van der Waals surface area contributed by atoms with Gasteiger partial charge < -0.3 is 35.0 Å². The van der Waals surface area contributed by atoms with Gasteiger partial charge in [-0.15, -0.1) is 0 Å². The highest BCUT2D eigenvalue weighted by Crippen LogP contribution is 2.21. The first-order valence-electron chi connectivity index (χ1n) is 12.5.